The number of hydrogen-bond acceptors (Lipinski definition) is 5. The number of amides is 2. The lowest BCUT2D eigenvalue weighted by atomic mass is 9.78. The van der Waals surface area contributed by atoms with Crippen molar-refractivity contribution < 1.29 is 19.5 Å². The standard InChI is InChI=1S/C18H19N3O4S/c22-15(21-18-19-8-9-26-18)11-4-3-5-12(10-11)20-16(23)13-6-1-2-7-14(13)17(24)25/h3-5,8-10,13-14H,1-2,6-7H2,(H,20,23)(H,24,25)(H,19,21,22)/t13-,14+/m0/s1. The maximum atomic E-state index is 12.5. The SMILES string of the molecule is O=C(Nc1nccs1)c1cccc(NC(=O)[C@H]2CCCC[C@H]2C(=O)O)c1. The molecule has 26 heavy (non-hydrogen) atoms. The molecule has 3 rings (SSSR count). The van der Waals surface area contributed by atoms with Crippen LogP contribution in [0.2, 0.25) is 0 Å². The molecule has 2 amide bonds. The number of hydrogen-bond donors (Lipinski definition) is 3. The fourth-order valence-electron chi connectivity index (χ4n) is 3.17. The third-order valence-corrected chi connectivity index (χ3v) is 5.15. The smallest absolute Gasteiger partial charge is 0.307 e. The van der Waals surface area contributed by atoms with Crippen LogP contribution >= 0.6 is 11.3 Å². The molecule has 8 heteroatoms. The van der Waals surface area contributed by atoms with Gasteiger partial charge in [-0.25, -0.2) is 4.98 Å². The van der Waals surface area contributed by atoms with Crippen molar-refractivity contribution in [2.24, 2.45) is 11.8 Å². The number of aromatic nitrogens is 1. The van der Waals surface area contributed by atoms with Gasteiger partial charge in [0.25, 0.3) is 5.91 Å². The van der Waals surface area contributed by atoms with Crippen molar-refractivity contribution in [3.63, 3.8) is 0 Å². The third kappa shape index (κ3) is 4.26. The van der Waals surface area contributed by atoms with E-state index in [1.807, 2.05) is 0 Å². The minimum Gasteiger partial charge on any atom is -0.481 e. The zero-order valence-corrected chi connectivity index (χ0v) is 14.8. The Balaban J connectivity index is 1.68. The third-order valence-electron chi connectivity index (χ3n) is 4.47. The van der Waals surface area contributed by atoms with Crippen LogP contribution in [0, 0.1) is 11.8 Å². The van der Waals surface area contributed by atoms with Gasteiger partial charge >= 0.3 is 5.97 Å². The van der Waals surface area contributed by atoms with Gasteiger partial charge in [-0.15, -0.1) is 11.3 Å². The molecule has 0 bridgehead atoms. The van der Waals surface area contributed by atoms with Crippen LogP contribution in [-0.2, 0) is 9.59 Å². The molecule has 1 aliphatic carbocycles. The largest absolute Gasteiger partial charge is 0.481 e. The van der Waals surface area contributed by atoms with E-state index < -0.39 is 17.8 Å². The second-order valence-corrected chi connectivity index (χ2v) is 7.09. The first kappa shape index (κ1) is 18.1. The summed E-state index contributed by atoms with van der Waals surface area (Å²) in [7, 11) is 0. The molecule has 0 unspecified atom stereocenters. The van der Waals surface area contributed by atoms with Crippen LogP contribution in [-0.4, -0.2) is 27.9 Å². The summed E-state index contributed by atoms with van der Waals surface area (Å²) in [5, 5.41) is 17.0. The number of nitrogens with one attached hydrogen (secondary N) is 2. The van der Waals surface area contributed by atoms with E-state index in [4.69, 9.17) is 0 Å². The quantitative estimate of drug-likeness (QED) is 0.746. The monoisotopic (exact) mass is 373 g/mol. The molecule has 136 valence electrons. The van der Waals surface area contributed by atoms with E-state index >= 15 is 0 Å². The highest BCUT2D eigenvalue weighted by Gasteiger charge is 2.35. The molecule has 1 heterocycles. The number of anilines is 2. The zero-order valence-electron chi connectivity index (χ0n) is 14.0. The molecule has 2 aromatic rings. The number of carboxylic acid groups (broad SMARTS) is 1. The van der Waals surface area contributed by atoms with Crippen LogP contribution in [0.5, 0.6) is 0 Å². The van der Waals surface area contributed by atoms with Gasteiger partial charge in [0.15, 0.2) is 5.13 Å². The Morgan fingerprint density at radius 2 is 1.88 bits per heavy atom. The Morgan fingerprint density at radius 3 is 2.58 bits per heavy atom. The minimum absolute atomic E-state index is 0.311. The molecule has 1 saturated carbocycles. The van der Waals surface area contributed by atoms with E-state index in [2.05, 4.69) is 15.6 Å². The van der Waals surface area contributed by atoms with E-state index in [0.29, 0.717) is 29.2 Å². The van der Waals surface area contributed by atoms with Crippen molar-refractivity contribution in [1.82, 2.24) is 4.98 Å². The normalized spacial score (nSPS) is 19.5. The van der Waals surface area contributed by atoms with Crippen LogP contribution in [0.25, 0.3) is 0 Å². The number of benzene rings is 1. The Hall–Kier alpha value is -2.74. The molecule has 0 spiro atoms. The average Bonchev–Trinajstić information content (AvgIpc) is 3.15. The number of carboxylic acids is 1. The highest BCUT2D eigenvalue weighted by Crippen LogP contribution is 2.31. The molecule has 0 aliphatic heterocycles. The predicted molar refractivity (Wildman–Crippen MR) is 98.2 cm³/mol. The van der Waals surface area contributed by atoms with Crippen molar-refractivity contribution >= 4 is 39.9 Å². The maximum Gasteiger partial charge on any atom is 0.307 e. The highest BCUT2D eigenvalue weighted by molar-refractivity contribution is 7.13. The van der Waals surface area contributed by atoms with E-state index in [9.17, 15) is 19.5 Å². The summed E-state index contributed by atoms with van der Waals surface area (Å²) < 4.78 is 0. The van der Waals surface area contributed by atoms with E-state index in [1.165, 1.54) is 11.3 Å². The minimum atomic E-state index is -0.929. The molecule has 7 nitrogen and oxygen atoms in total. The van der Waals surface area contributed by atoms with Crippen LogP contribution in [0.4, 0.5) is 10.8 Å². The second kappa shape index (κ2) is 8.09. The first-order valence-corrected chi connectivity index (χ1v) is 9.27. The van der Waals surface area contributed by atoms with Gasteiger partial charge in [0.1, 0.15) is 0 Å². The molecule has 0 radical (unpaired) electrons. The Morgan fingerprint density at radius 1 is 1.12 bits per heavy atom. The van der Waals surface area contributed by atoms with Crippen molar-refractivity contribution in [3.8, 4) is 0 Å². The van der Waals surface area contributed by atoms with Crippen molar-refractivity contribution in [2.45, 2.75) is 25.7 Å². The molecular weight excluding hydrogens is 354 g/mol. The van der Waals surface area contributed by atoms with Crippen LogP contribution in [0.3, 0.4) is 0 Å². The summed E-state index contributed by atoms with van der Waals surface area (Å²) in [6.45, 7) is 0. The summed E-state index contributed by atoms with van der Waals surface area (Å²) in [4.78, 5) is 40.2. The highest BCUT2D eigenvalue weighted by atomic mass is 32.1. The molecule has 1 aromatic heterocycles. The summed E-state index contributed by atoms with van der Waals surface area (Å²) in [5.41, 5.74) is 0.855. The molecule has 1 aliphatic rings. The molecule has 1 fully saturated rings. The molecule has 0 saturated heterocycles. The molecule has 1 aromatic carbocycles. The zero-order chi connectivity index (χ0) is 18.5. The van der Waals surface area contributed by atoms with Gasteiger partial charge in [0, 0.05) is 22.8 Å². The van der Waals surface area contributed by atoms with Gasteiger partial charge < -0.3 is 10.4 Å². The van der Waals surface area contributed by atoms with Gasteiger partial charge in [0.05, 0.1) is 11.8 Å². The fraction of sp³-hybridized carbons (Fsp3) is 0.333. The summed E-state index contributed by atoms with van der Waals surface area (Å²) in [6, 6.07) is 6.55. The second-order valence-electron chi connectivity index (χ2n) is 6.20. The maximum absolute atomic E-state index is 12.5. The van der Waals surface area contributed by atoms with Crippen LogP contribution in [0.15, 0.2) is 35.8 Å². The lowest BCUT2D eigenvalue weighted by molar-refractivity contribution is -0.147. The van der Waals surface area contributed by atoms with E-state index in [-0.39, 0.29) is 11.8 Å². The molecule has 3 N–H and O–H groups in total. The average molecular weight is 373 g/mol. The number of carbonyl (C=O) groups is 3. The number of aliphatic carboxylic acids is 1. The Kier molecular flexibility index (Phi) is 5.62. The lowest BCUT2D eigenvalue weighted by Gasteiger charge is -2.27. The van der Waals surface area contributed by atoms with Crippen LogP contribution in [0.1, 0.15) is 36.0 Å². The molecular formula is C18H19N3O4S. The lowest BCUT2D eigenvalue weighted by Crippen LogP contribution is -2.36. The summed E-state index contributed by atoms with van der Waals surface area (Å²) >= 11 is 1.31. The summed E-state index contributed by atoms with van der Waals surface area (Å²) in [5.74, 6) is -2.76. The van der Waals surface area contributed by atoms with Gasteiger partial charge in [-0.05, 0) is 31.0 Å². The van der Waals surface area contributed by atoms with E-state index in [1.54, 1.807) is 35.8 Å². The first-order valence-electron chi connectivity index (χ1n) is 8.39. The Bertz CT molecular complexity index is 807. The van der Waals surface area contributed by atoms with Crippen molar-refractivity contribution in [1.29, 1.82) is 0 Å². The van der Waals surface area contributed by atoms with Crippen molar-refractivity contribution in [2.75, 3.05) is 10.6 Å². The Labute approximate surface area is 154 Å². The number of nitrogens with zero attached hydrogens (tertiary/aromatic N) is 1. The van der Waals surface area contributed by atoms with Gasteiger partial charge in [-0.3, -0.25) is 19.7 Å². The van der Waals surface area contributed by atoms with Gasteiger partial charge in [-0.1, -0.05) is 18.9 Å². The fourth-order valence-corrected chi connectivity index (χ4v) is 3.69. The van der Waals surface area contributed by atoms with Crippen LogP contribution < -0.4 is 10.6 Å². The number of rotatable bonds is 5. The molecule has 2 atom stereocenters. The van der Waals surface area contributed by atoms with Gasteiger partial charge in [-0.2, -0.15) is 0 Å². The van der Waals surface area contributed by atoms with Crippen molar-refractivity contribution in [3.05, 3.63) is 41.4 Å². The number of thiazole rings is 1. The van der Waals surface area contributed by atoms with Gasteiger partial charge in [0.2, 0.25) is 5.91 Å². The first-order chi connectivity index (χ1) is 12.5. The predicted octanol–water partition coefficient (Wildman–Crippen LogP) is 3.22. The summed E-state index contributed by atoms with van der Waals surface area (Å²) in [6.07, 6.45) is 4.35. The topological polar surface area (TPSA) is 108 Å². The van der Waals surface area contributed by atoms with E-state index in [0.717, 1.165) is 12.8 Å². The number of carbonyl (C=O) groups excluding carboxylic acids is 2.